The Hall–Kier alpha value is -1.10. The standard InChI is InChI=1S/C13H17ClN2O2/c1-9-2-3-10(14)6-12(9)13(17)16-4-5-18-11(7-15)8-16/h2-3,6,11H,4-5,7-8,15H2,1H3. The summed E-state index contributed by atoms with van der Waals surface area (Å²) in [5.41, 5.74) is 7.16. The lowest BCUT2D eigenvalue weighted by atomic mass is 10.1. The van der Waals surface area contributed by atoms with Crippen LogP contribution < -0.4 is 5.73 Å². The van der Waals surface area contributed by atoms with Gasteiger partial charge in [-0.25, -0.2) is 0 Å². The predicted molar refractivity (Wildman–Crippen MR) is 70.9 cm³/mol. The zero-order valence-corrected chi connectivity index (χ0v) is 11.1. The molecule has 0 radical (unpaired) electrons. The quantitative estimate of drug-likeness (QED) is 0.883. The number of halogens is 1. The Morgan fingerprint density at radius 2 is 2.39 bits per heavy atom. The Kier molecular flexibility index (Phi) is 4.22. The van der Waals surface area contributed by atoms with Gasteiger partial charge in [0.25, 0.3) is 5.91 Å². The van der Waals surface area contributed by atoms with Crippen molar-refractivity contribution in [3.05, 3.63) is 34.3 Å². The molecule has 1 aromatic carbocycles. The highest BCUT2D eigenvalue weighted by Crippen LogP contribution is 2.18. The van der Waals surface area contributed by atoms with Crippen molar-refractivity contribution in [2.45, 2.75) is 13.0 Å². The van der Waals surface area contributed by atoms with Gasteiger partial charge < -0.3 is 15.4 Å². The Morgan fingerprint density at radius 3 is 3.11 bits per heavy atom. The highest BCUT2D eigenvalue weighted by molar-refractivity contribution is 6.31. The first kappa shape index (κ1) is 13.3. The minimum Gasteiger partial charge on any atom is -0.373 e. The lowest BCUT2D eigenvalue weighted by Crippen LogP contribution is -2.48. The topological polar surface area (TPSA) is 55.6 Å². The minimum atomic E-state index is -0.0674. The predicted octanol–water partition coefficient (Wildman–Crippen LogP) is 1.45. The molecule has 2 N–H and O–H groups in total. The molecule has 0 spiro atoms. The van der Waals surface area contributed by atoms with Gasteiger partial charge in [-0.3, -0.25) is 4.79 Å². The number of carbonyl (C=O) groups excluding carboxylic acids is 1. The van der Waals surface area contributed by atoms with Crippen LogP contribution in [0.1, 0.15) is 15.9 Å². The second-order valence-electron chi connectivity index (χ2n) is 4.44. The van der Waals surface area contributed by atoms with Crippen molar-refractivity contribution in [2.75, 3.05) is 26.2 Å². The van der Waals surface area contributed by atoms with Gasteiger partial charge >= 0.3 is 0 Å². The molecule has 1 saturated heterocycles. The van der Waals surface area contributed by atoms with E-state index in [1.165, 1.54) is 0 Å². The van der Waals surface area contributed by atoms with Crippen LogP contribution in [0.2, 0.25) is 5.02 Å². The van der Waals surface area contributed by atoms with Crippen LogP contribution in [-0.4, -0.2) is 43.2 Å². The van der Waals surface area contributed by atoms with Crippen molar-refractivity contribution < 1.29 is 9.53 Å². The van der Waals surface area contributed by atoms with E-state index in [0.717, 1.165) is 5.56 Å². The summed E-state index contributed by atoms with van der Waals surface area (Å²) in [7, 11) is 0. The molecule has 5 heteroatoms. The highest BCUT2D eigenvalue weighted by atomic mass is 35.5. The number of benzene rings is 1. The van der Waals surface area contributed by atoms with Gasteiger partial charge in [0, 0.05) is 30.2 Å². The zero-order chi connectivity index (χ0) is 13.1. The summed E-state index contributed by atoms with van der Waals surface area (Å²) in [6, 6.07) is 5.36. The van der Waals surface area contributed by atoms with Gasteiger partial charge in [0.15, 0.2) is 0 Å². The molecule has 1 aliphatic rings. The summed E-state index contributed by atoms with van der Waals surface area (Å²) in [6.45, 7) is 4.01. The normalized spacial score (nSPS) is 19.9. The fraction of sp³-hybridized carbons (Fsp3) is 0.462. The summed E-state index contributed by atoms with van der Waals surface area (Å²) >= 11 is 5.94. The Bertz CT molecular complexity index is 451. The lowest BCUT2D eigenvalue weighted by molar-refractivity contribution is -0.0167. The molecule has 1 aliphatic heterocycles. The third kappa shape index (κ3) is 2.83. The van der Waals surface area contributed by atoms with Gasteiger partial charge in [-0.15, -0.1) is 0 Å². The van der Waals surface area contributed by atoms with Crippen LogP contribution in [0.15, 0.2) is 18.2 Å². The molecule has 0 aliphatic carbocycles. The van der Waals surface area contributed by atoms with E-state index in [1.54, 1.807) is 17.0 Å². The molecule has 1 fully saturated rings. The molecule has 4 nitrogen and oxygen atoms in total. The maximum Gasteiger partial charge on any atom is 0.254 e. The second-order valence-corrected chi connectivity index (χ2v) is 4.88. The van der Waals surface area contributed by atoms with Gasteiger partial charge in [0.1, 0.15) is 0 Å². The molecule has 1 amide bonds. The average Bonchev–Trinajstić information content (AvgIpc) is 2.41. The van der Waals surface area contributed by atoms with Crippen molar-refractivity contribution in [2.24, 2.45) is 5.73 Å². The fourth-order valence-corrected chi connectivity index (χ4v) is 2.21. The van der Waals surface area contributed by atoms with E-state index in [0.29, 0.717) is 36.8 Å². The van der Waals surface area contributed by atoms with Crippen molar-refractivity contribution >= 4 is 17.5 Å². The number of hydrogen-bond acceptors (Lipinski definition) is 3. The summed E-state index contributed by atoms with van der Waals surface area (Å²) in [6.07, 6.45) is -0.0674. The van der Waals surface area contributed by atoms with Gasteiger partial charge in [-0.2, -0.15) is 0 Å². The largest absolute Gasteiger partial charge is 0.373 e. The third-order valence-corrected chi connectivity index (χ3v) is 3.35. The molecule has 0 bridgehead atoms. The van der Waals surface area contributed by atoms with Crippen molar-refractivity contribution in [1.29, 1.82) is 0 Å². The van der Waals surface area contributed by atoms with Crippen molar-refractivity contribution in [3.8, 4) is 0 Å². The number of morpholine rings is 1. The van der Waals surface area contributed by atoms with E-state index < -0.39 is 0 Å². The second kappa shape index (κ2) is 5.69. The molecular formula is C13H17ClN2O2. The average molecular weight is 269 g/mol. The van der Waals surface area contributed by atoms with E-state index in [1.807, 2.05) is 13.0 Å². The summed E-state index contributed by atoms with van der Waals surface area (Å²) in [4.78, 5) is 14.2. The number of rotatable bonds is 2. The van der Waals surface area contributed by atoms with Gasteiger partial charge in [0.05, 0.1) is 12.7 Å². The molecule has 1 unspecified atom stereocenters. The van der Waals surface area contributed by atoms with E-state index in [-0.39, 0.29) is 12.0 Å². The van der Waals surface area contributed by atoms with E-state index in [9.17, 15) is 4.79 Å². The maximum atomic E-state index is 12.4. The van der Waals surface area contributed by atoms with Crippen LogP contribution in [0.4, 0.5) is 0 Å². The maximum absolute atomic E-state index is 12.4. The van der Waals surface area contributed by atoms with Crippen LogP contribution in [0.5, 0.6) is 0 Å². The smallest absolute Gasteiger partial charge is 0.254 e. The summed E-state index contributed by atoms with van der Waals surface area (Å²) < 4.78 is 5.45. The van der Waals surface area contributed by atoms with Gasteiger partial charge in [0.2, 0.25) is 0 Å². The fourth-order valence-electron chi connectivity index (χ4n) is 2.04. The first-order valence-electron chi connectivity index (χ1n) is 5.99. The molecule has 1 aromatic rings. The van der Waals surface area contributed by atoms with Crippen LogP contribution in [0.25, 0.3) is 0 Å². The highest BCUT2D eigenvalue weighted by Gasteiger charge is 2.25. The minimum absolute atomic E-state index is 0.00301. The zero-order valence-electron chi connectivity index (χ0n) is 10.4. The number of hydrogen-bond donors (Lipinski definition) is 1. The Balaban J connectivity index is 2.17. The van der Waals surface area contributed by atoms with Crippen molar-refractivity contribution in [3.63, 3.8) is 0 Å². The number of aryl methyl sites for hydroxylation is 1. The SMILES string of the molecule is Cc1ccc(Cl)cc1C(=O)N1CCOC(CN)C1. The molecule has 2 rings (SSSR count). The van der Waals surface area contributed by atoms with Crippen molar-refractivity contribution in [1.82, 2.24) is 4.90 Å². The first-order chi connectivity index (χ1) is 8.61. The number of nitrogens with two attached hydrogens (primary N) is 1. The van der Waals surface area contributed by atoms with Crippen LogP contribution in [0.3, 0.4) is 0 Å². The molecule has 98 valence electrons. The number of nitrogens with zero attached hydrogens (tertiary/aromatic N) is 1. The first-order valence-corrected chi connectivity index (χ1v) is 6.36. The Labute approximate surface area is 112 Å². The lowest BCUT2D eigenvalue weighted by Gasteiger charge is -2.32. The Morgan fingerprint density at radius 1 is 1.61 bits per heavy atom. The van der Waals surface area contributed by atoms with E-state index in [2.05, 4.69) is 0 Å². The third-order valence-electron chi connectivity index (χ3n) is 3.12. The van der Waals surface area contributed by atoms with Crippen LogP contribution in [-0.2, 0) is 4.74 Å². The summed E-state index contributed by atoms with van der Waals surface area (Å²) in [5, 5.41) is 0.576. The monoisotopic (exact) mass is 268 g/mol. The van der Waals surface area contributed by atoms with E-state index >= 15 is 0 Å². The van der Waals surface area contributed by atoms with Gasteiger partial charge in [-0.05, 0) is 24.6 Å². The number of ether oxygens (including phenoxy) is 1. The molecule has 1 atom stereocenters. The van der Waals surface area contributed by atoms with Crippen LogP contribution in [0, 0.1) is 6.92 Å². The molecular weight excluding hydrogens is 252 g/mol. The molecule has 18 heavy (non-hydrogen) atoms. The van der Waals surface area contributed by atoms with Crippen LogP contribution >= 0.6 is 11.6 Å². The van der Waals surface area contributed by atoms with Gasteiger partial charge in [-0.1, -0.05) is 17.7 Å². The number of carbonyl (C=O) groups is 1. The molecule has 1 heterocycles. The van der Waals surface area contributed by atoms with E-state index in [4.69, 9.17) is 22.1 Å². The molecule has 0 aromatic heterocycles. The number of amides is 1. The molecule has 0 saturated carbocycles. The summed E-state index contributed by atoms with van der Waals surface area (Å²) in [5.74, 6) is -0.00301.